The molecule has 0 saturated heterocycles. The van der Waals surface area contributed by atoms with E-state index in [-0.39, 0.29) is 5.91 Å². The summed E-state index contributed by atoms with van der Waals surface area (Å²) in [4.78, 5) is 14.7. The van der Waals surface area contributed by atoms with Crippen LogP contribution in [-0.4, -0.2) is 17.6 Å². The normalized spacial score (nSPS) is 12.4. The molecule has 0 bridgehead atoms. The van der Waals surface area contributed by atoms with E-state index < -0.39 is 6.10 Å². The molecule has 2 rings (SSSR count). The SMILES string of the molecule is Cc1csc(C(=O)NCCc2ccc([C@@H](C)O)s2)c1. The molecule has 19 heavy (non-hydrogen) atoms. The zero-order chi connectivity index (χ0) is 13.8. The van der Waals surface area contributed by atoms with Gasteiger partial charge < -0.3 is 10.4 Å². The lowest BCUT2D eigenvalue weighted by molar-refractivity contribution is 0.0958. The number of nitrogens with one attached hydrogen (secondary N) is 1. The fourth-order valence-electron chi connectivity index (χ4n) is 1.69. The molecule has 0 radical (unpaired) electrons. The number of aliphatic hydroxyl groups is 1. The van der Waals surface area contributed by atoms with E-state index in [1.807, 2.05) is 30.5 Å². The maximum atomic E-state index is 11.8. The minimum atomic E-state index is -0.414. The fraction of sp³-hybridized carbons (Fsp3) is 0.357. The molecule has 0 aliphatic rings. The number of amides is 1. The average Bonchev–Trinajstić information content (AvgIpc) is 2.98. The van der Waals surface area contributed by atoms with Gasteiger partial charge in [0.05, 0.1) is 11.0 Å². The Hall–Kier alpha value is -1.17. The summed E-state index contributed by atoms with van der Waals surface area (Å²) in [5, 5.41) is 14.3. The molecule has 0 fully saturated rings. The van der Waals surface area contributed by atoms with Gasteiger partial charge in [0.25, 0.3) is 5.91 Å². The first kappa shape index (κ1) is 14.2. The Morgan fingerprint density at radius 3 is 2.84 bits per heavy atom. The number of rotatable bonds is 5. The molecule has 0 unspecified atom stereocenters. The van der Waals surface area contributed by atoms with Crippen molar-refractivity contribution in [3.63, 3.8) is 0 Å². The lowest BCUT2D eigenvalue weighted by atomic mass is 10.3. The van der Waals surface area contributed by atoms with E-state index in [0.29, 0.717) is 6.54 Å². The fourth-order valence-corrected chi connectivity index (χ4v) is 3.45. The largest absolute Gasteiger partial charge is 0.388 e. The number of carbonyl (C=O) groups is 1. The van der Waals surface area contributed by atoms with Crippen LogP contribution >= 0.6 is 22.7 Å². The van der Waals surface area contributed by atoms with E-state index >= 15 is 0 Å². The third kappa shape index (κ3) is 3.89. The molecular weight excluding hydrogens is 278 g/mol. The van der Waals surface area contributed by atoms with Gasteiger partial charge in [-0.1, -0.05) is 0 Å². The summed E-state index contributed by atoms with van der Waals surface area (Å²) in [5.74, 6) is -0.00888. The highest BCUT2D eigenvalue weighted by Gasteiger charge is 2.08. The predicted molar refractivity (Wildman–Crippen MR) is 80.0 cm³/mol. The minimum Gasteiger partial charge on any atom is -0.388 e. The topological polar surface area (TPSA) is 49.3 Å². The highest BCUT2D eigenvalue weighted by Crippen LogP contribution is 2.23. The second-order valence-corrected chi connectivity index (χ2v) is 6.59. The molecule has 2 N–H and O–H groups in total. The Kier molecular flexibility index (Phi) is 4.74. The van der Waals surface area contributed by atoms with Crippen LogP contribution in [0.3, 0.4) is 0 Å². The lowest BCUT2D eigenvalue weighted by Gasteiger charge is -2.02. The number of hydrogen-bond donors (Lipinski definition) is 2. The van der Waals surface area contributed by atoms with Gasteiger partial charge >= 0.3 is 0 Å². The van der Waals surface area contributed by atoms with Gasteiger partial charge in [0.1, 0.15) is 0 Å². The second kappa shape index (κ2) is 6.32. The quantitative estimate of drug-likeness (QED) is 0.890. The van der Waals surface area contributed by atoms with Crippen LogP contribution in [0.4, 0.5) is 0 Å². The van der Waals surface area contributed by atoms with Crippen LogP contribution in [-0.2, 0) is 6.42 Å². The Labute approximate surface area is 120 Å². The number of thiophene rings is 2. The smallest absolute Gasteiger partial charge is 0.261 e. The summed E-state index contributed by atoms with van der Waals surface area (Å²) in [6, 6.07) is 5.85. The van der Waals surface area contributed by atoms with E-state index in [1.54, 1.807) is 18.3 Å². The number of aliphatic hydroxyl groups excluding tert-OH is 1. The standard InChI is InChI=1S/C14H17NO2S2/c1-9-7-13(18-8-9)14(17)15-6-5-11-3-4-12(19-11)10(2)16/h3-4,7-8,10,16H,5-6H2,1-2H3,(H,15,17)/t10-/m1/s1. The Morgan fingerprint density at radius 1 is 1.47 bits per heavy atom. The van der Waals surface area contributed by atoms with E-state index in [4.69, 9.17) is 0 Å². The summed E-state index contributed by atoms with van der Waals surface area (Å²) in [6.07, 6.45) is 0.385. The van der Waals surface area contributed by atoms with Gasteiger partial charge in [0.15, 0.2) is 0 Å². The highest BCUT2D eigenvalue weighted by molar-refractivity contribution is 7.12. The Morgan fingerprint density at radius 2 is 2.26 bits per heavy atom. The molecule has 5 heteroatoms. The average molecular weight is 295 g/mol. The highest BCUT2D eigenvalue weighted by atomic mass is 32.1. The van der Waals surface area contributed by atoms with Crippen LogP contribution < -0.4 is 5.32 Å². The molecule has 1 atom stereocenters. The van der Waals surface area contributed by atoms with Crippen LogP contribution in [0.1, 0.15) is 38.0 Å². The van der Waals surface area contributed by atoms with Gasteiger partial charge in [-0.2, -0.15) is 0 Å². The van der Waals surface area contributed by atoms with Crippen molar-refractivity contribution in [3.8, 4) is 0 Å². The molecule has 0 aliphatic heterocycles. The predicted octanol–water partition coefficient (Wildman–Crippen LogP) is 3.14. The lowest BCUT2D eigenvalue weighted by Crippen LogP contribution is -2.24. The van der Waals surface area contributed by atoms with Crippen molar-refractivity contribution in [2.24, 2.45) is 0 Å². The van der Waals surface area contributed by atoms with Crippen molar-refractivity contribution in [1.29, 1.82) is 0 Å². The summed E-state index contributed by atoms with van der Waals surface area (Å²) in [7, 11) is 0. The second-order valence-electron chi connectivity index (χ2n) is 4.47. The first-order valence-electron chi connectivity index (χ1n) is 6.16. The van der Waals surface area contributed by atoms with Gasteiger partial charge in [0.2, 0.25) is 0 Å². The summed E-state index contributed by atoms with van der Waals surface area (Å²) >= 11 is 3.06. The van der Waals surface area contributed by atoms with E-state index in [0.717, 1.165) is 21.7 Å². The van der Waals surface area contributed by atoms with Gasteiger partial charge in [0, 0.05) is 16.3 Å². The van der Waals surface area contributed by atoms with Gasteiger partial charge in [-0.25, -0.2) is 0 Å². The van der Waals surface area contributed by atoms with Crippen molar-refractivity contribution in [2.45, 2.75) is 26.4 Å². The molecule has 2 aromatic heterocycles. The molecule has 2 heterocycles. The van der Waals surface area contributed by atoms with Crippen molar-refractivity contribution in [2.75, 3.05) is 6.54 Å². The third-order valence-electron chi connectivity index (χ3n) is 2.71. The summed E-state index contributed by atoms with van der Waals surface area (Å²) in [6.45, 7) is 4.36. The molecule has 0 aromatic carbocycles. The first-order chi connectivity index (χ1) is 9.06. The molecule has 3 nitrogen and oxygen atoms in total. The van der Waals surface area contributed by atoms with Gasteiger partial charge in [-0.05, 0) is 49.4 Å². The van der Waals surface area contributed by atoms with Gasteiger partial charge in [-0.15, -0.1) is 22.7 Å². The third-order valence-corrected chi connectivity index (χ3v) is 5.07. The van der Waals surface area contributed by atoms with Crippen molar-refractivity contribution in [3.05, 3.63) is 43.8 Å². The number of hydrogen-bond acceptors (Lipinski definition) is 4. The maximum absolute atomic E-state index is 11.8. The van der Waals surface area contributed by atoms with Crippen LogP contribution in [0.5, 0.6) is 0 Å². The molecule has 0 saturated carbocycles. The Balaban J connectivity index is 1.81. The van der Waals surface area contributed by atoms with Crippen LogP contribution in [0.15, 0.2) is 23.6 Å². The monoisotopic (exact) mass is 295 g/mol. The molecule has 0 aliphatic carbocycles. The van der Waals surface area contributed by atoms with E-state index in [2.05, 4.69) is 5.32 Å². The van der Waals surface area contributed by atoms with Crippen LogP contribution in [0.2, 0.25) is 0 Å². The zero-order valence-corrected chi connectivity index (χ0v) is 12.6. The number of aryl methyl sites for hydroxylation is 1. The van der Waals surface area contributed by atoms with E-state index in [1.165, 1.54) is 16.2 Å². The maximum Gasteiger partial charge on any atom is 0.261 e. The van der Waals surface area contributed by atoms with Crippen molar-refractivity contribution < 1.29 is 9.90 Å². The molecular formula is C14H17NO2S2. The molecule has 2 aromatic rings. The first-order valence-corrected chi connectivity index (χ1v) is 7.86. The molecule has 1 amide bonds. The van der Waals surface area contributed by atoms with Crippen LogP contribution in [0, 0.1) is 6.92 Å². The van der Waals surface area contributed by atoms with Crippen LogP contribution in [0.25, 0.3) is 0 Å². The zero-order valence-electron chi connectivity index (χ0n) is 11.0. The summed E-state index contributed by atoms with van der Waals surface area (Å²) < 4.78 is 0. The molecule has 102 valence electrons. The van der Waals surface area contributed by atoms with E-state index in [9.17, 15) is 9.90 Å². The van der Waals surface area contributed by atoms with Crippen molar-refractivity contribution >= 4 is 28.6 Å². The summed E-state index contributed by atoms with van der Waals surface area (Å²) in [5.41, 5.74) is 1.12. The van der Waals surface area contributed by atoms with Crippen molar-refractivity contribution in [1.82, 2.24) is 5.32 Å². The minimum absolute atomic E-state index is 0.00888. The molecule has 0 spiro atoms. The number of carbonyl (C=O) groups excluding carboxylic acids is 1. The van der Waals surface area contributed by atoms with Gasteiger partial charge in [-0.3, -0.25) is 4.79 Å². The Bertz CT molecular complexity index is 557.